The summed E-state index contributed by atoms with van der Waals surface area (Å²) in [6.45, 7) is 2.80. The number of anilines is 1. The molecular formula is C26H32N2O4. The highest BCUT2D eigenvalue weighted by Gasteiger charge is 2.27. The van der Waals surface area contributed by atoms with Gasteiger partial charge in [0.15, 0.2) is 0 Å². The van der Waals surface area contributed by atoms with E-state index in [1.165, 1.54) is 0 Å². The monoisotopic (exact) mass is 436 g/mol. The minimum Gasteiger partial charge on any atom is -0.394 e. The average molecular weight is 437 g/mol. The van der Waals surface area contributed by atoms with Gasteiger partial charge in [0.05, 0.1) is 18.8 Å². The molecule has 1 saturated heterocycles. The number of ether oxygens (including phenoxy) is 1. The molecule has 0 bridgehead atoms. The molecule has 0 aliphatic carbocycles. The summed E-state index contributed by atoms with van der Waals surface area (Å²) in [6.07, 6.45) is 5.86. The molecule has 170 valence electrons. The first kappa shape index (κ1) is 23.7. The Kier molecular flexibility index (Phi) is 8.59. The van der Waals surface area contributed by atoms with E-state index in [1.54, 1.807) is 24.1 Å². The number of nitrogens with zero attached hydrogens (tertiary/aromatic N) is 1. The number of nitrogens with one attached hydrogen (secondary N) is 1. The van der Waals surface area contributed by atoms with Crippen molar-refractivity contribution in [1.29, 1.82) is 0 Å². The van der Waals surface area contributed by atoms with Crippen LogP contribution < -0.4 is 5.32 Å². The second-order valence-corrected chi connectivity index (χ2v) is 8.16. The average Bonchev–Trinajstić information content (AvgIpc) is 3.30. The Morgan fingerprint density at radius 2 is 1.91 bits per heavy atom. The number of benzene rings is 2. The van der Waals surface area contributed by atoms with E-state index in [2.05, 4.69) is 5.32 Å². The Balaban J connectivity index is 1.56. The lowest BCUT2D eigenvalue weighted by Crippen LogP contribution is -2.37. The standard InChI is InChI=1S/C26H32N2O4/c1-19(8-6-12-24(30)28-17-7-11-23(28)18-29)25(32-2)20-13-15-22(16-14-20)27-26(31)21-9-4-3-5-10-21/h3-6,8-10,13-16,19,23,25,29H,7,11-12,17-18H2,1-2H3,(H,27,31)/b8-6+/t19-,23+,25+/m1/s1. The van der Waals surface area contributed by atoms with Gasteiger partial charge in [-0.05, 0) is 42.7 Å². The topological polar surface area (TPSA) is 78.9 Å². The molecule has 0 radical (unpaired) electrons. The first-order valence-electron chi connectivity index (χ1n) is 11.1. The Labute approximate surface area is 189 Å². The Morgan fingerprint density at radius 3 is 2.56 bits per heavy atom. The van der Waals surface area contributed by atoms with Crippen molar-refractivity contribution >= 4 is 17.5 Å². The number of methoxy groups -OCH3 is 1. The van der Waals surface area contributed by atoms with Crippen LogP contribution in [-0.4, -0.2) is 48.1 Å². The maximum absolute atomic E-state index is 12.4. The number of hydrogen-bond donors (Lipinski definition) is 2. The maximum Gasteiger partial charge on any atom is 0.255 e. The molecule has 3 atom stereocenters. The highest BCUT2D eigenvalue weighted by Crippen LogP contribution is 2.28. The zero-order valence-electron chi connectivity index (χ0n) is 18.7. The fraction of sp³-hybridized carbons (Fsp3) is 0.385. The minimum atomic E-state index is -0.169. The molecule has 2 amide bonds. The van der Waals surface area contributed by atoms with Gasteiger partial charge in [-0.2, -0.15) is 0 Å². The van der Waals surface area contributed by atoms with Crippen LogP contribution in [0.2, 0.25) is 0 Å². The first-order chi connectivity index (χ1) is 15.5. The van der Waals surface area contributed by atoms with E-state index in [9.17, 15) is 14.7 Å². The number of rotatable bonds is 9. The smallest absolute Gasteiger partial charge is 0.255 e. The van der Waals surface area contributed by atoms with Crippen LogP contribution in [0, 0.1) is 5.92 Å². The molecule has 2 aromatic carbocycles. The molecule has 2 aromatic rings. The quantitative estimate of drug-likeness (QED) is 0.578. The van der Waals surface area contributed by atoms with Gasteiger partial charge in [0.25, 0.3) is 5.91 Å². The third-order valence-corrected chi connectivity index (χ3v) is 5.90. The molecule has 1 aliphatic rings. The normalized spacial score (nSPS) is 18.0. The SMILES string of the molecule is CO[C@H](c1ccc(NC(=O)c2ccccc2)cc1)[C@H](C)/C=C/CC(=O)N1CCC[C@H]1CO. The molecule has 3 rings (SSSR count). The summed E-state index contributed by atoms with van der Waals surface area (Å²) < 4.78 is 5.71. The predicted molar refractivity (Wildman–Crippen MR) is 125 cm³/mol. The largest absolute Gasteiger partial charge is 0.394 e. The van der Waals surface area contributed by atoms with Gasteiger partial charge in [-0.1, -0.05) is 49.4 Å². The van der Waals surface area contributed by atoms with Crippen LogP contribution in [0.1, 0.15) is 48.2 Å². The molecule has 0 aromatic heterocycles. The molecule has 0 unspecified atom stereocenters. The van der Waals surface area contributed by atoms with Crippen molar-refractivity contribution in [3.05, 3.63) is 77.9 Å². The van der Waals surface area contributed by atoms with Gasteiger partial charge < -0.3 is 20.1 Å². The Bertz CT molecular complexity index is 911. The van der Waals surface area contributed by atoms with E-state index < -0.39 is 0 Å². The summed E-state index contributed by atoms with van der Waals surface area (Å²) in [4.78, 5) is 26.5. The van der Waals surface area contributed by atoms with Gasteiger partial charge in [0.2, 0.25) is 5.91 Å². The second kappa shape index (κ2) is 11.6. The molecule has 1 fully saturated rings. The van der Waals surface area contributed by atoms with Crippen LogP contribution in [0.5, 0.6) is 0 Å². The van der Waals surface area contributed by atoms with Crippen molar-refractivity contribution < 1.29 is 19.4 Å². The van der Waals surface area contributed by atoms with E-state index in [0.29, 0.717) is 12.0 Å². The molecule has 1 aliphatic heterocycles. The van der Waals surface area contributed by atoms with E-state index in [-0.39, 0.29) is 36.5 Å². The van der Waals surface area contributed by atoms with Crippen molar-refractivity contribution in [2.75, 3.05) is 25.6 Å². The summed E-state index contributed by atoms with van der Waals surface area (Å²) in [7, 11) is 1.67. The van der Waals surface area contributed by atoms with Gasteiger partial charge in [-0.15, -0.1) is 0 Å². The molecule has 2 N–H and O–H groups in total. The van der Waals surface area contributed by atoms with E-state index in [0.717, 1.165) is 30.6 Å². The van der Waals surface area contributed by atoms with Gasteiger partial charge in [-0.25, -0.2) is 0 Å². The lowest BCUT2D eigenvalue weighted by molar-refractivity contribution is -0.131. The summed E-state index contributed by atoms with van der Waals surface area (Å²) >= 11 is 0. The fourth-order valence-corrected chi connectivity index (χ4v) is 4.16. The van der Waals surface area contributed by atoms with Crippen molar-refractivity contribution in [3.63, 3.8) is 0 Å². The fourth-order valence-electron chi connectivity index (χ4n) is 4.16. The molecule has 0 spiro atoms. The van der Waals surface area contributed by atoms with Gasteiger partial charge >= 0.3 is 0 Å². The number of likely N-dealkylation sites (tertiary alicyclic amines) is 1. The molecule has 1 heterocycles. The van der Waals surface area contributed by atoms with Gasteiger partial charge in [-0.3, -0.25) is 9.59 Å². The van der Waals surface area contributed by atoms with Crippen LogP contribution in [0.25, 0.3) is 0 Å². The van der Waals surface area contributed by atoms with Crippen LogP contribution in [0.15, 0.2) is 66.7 Å². The summed E-state index contributed by atoms with van der Waals surface area (Å²) in [5.41, 5.74) is 2.32. The number of amides is 2. The van der Waals surface area contributed by atoms with Gasteiger partial charge in [0.1, 0.15) is 0 Å². The number of aliphatic hydroxyl groups excluding tert-OH is 1. The molecule has 6 heteroatoms. The molecule has 32 heavy (non-hydrogen) atoms. The number of aliphatic hydroxyl groups is 1. The first-order valence-corrected chi connectivity index (χ1v) is 11.1. The molecule has 6 nitrogen and oxygen atoms in total. The van der Waals surface area contributed by atoms with Crippen molar-refractivity contribution in [2.24, 2.45) is 5.92 Å². The minimum absolute atomic E-state index is 0.0272. The van der Waals surface area contributed by atoms with Crippen molar-refractivity contribution in [3.8, 4) is 0 Å². The third-order valence-electron chi connectivity index (χ3n) is 5.90. The molecule has 0 saturated carbocycles. The second-order valence-electron chi connectivity index (χ2n) is 8.16. The van der Waals surface area contributed by atoms with E-state index in [4.69, 9.17) is 4.74 Å². The van der Waals surface area contributed by atoms with Crippen LogP contribution in [0.3, 0.4) is 0 Å². The predicted octanol–water partition coefficient (Wildman–Crippen LogP) is 4.19. The van der Waals surface area contributed by atoms with Crippen LogP contribution >= 0.6 is 0 Å². The zero-order valence-corrected chi connectivity index (χ0v) is 18.7. The summed E-state index contributed by atoms with van der Waals surface area (Å²) in [6, 6.07) is 16.7. The van der Waals surface area contributed by atoms with Crippen LogP contribution in [-0.2, 0) is 9.53 Å². The summed E-state index contributed by atoms with van der Waals surface area (Å²) in [5.74, 6) is -0.0358. The lowest BCUT2D eigenvalue weighted by atomic mass is 9.96. The van der Waals surface area contributed by atoms with Crippen molar-refractivity contribution in [1.82, 2.24) is 4.90 Å². The third kappa shape index (κ3) is 6.05. The van der Waals surface area contributed by atoms with E-state index >= 15 is 0 Å². The number of hydrogen-bond acceptors (Lipinski definition) is 4. The van der Waals surface area contributed by atoms with Crippen LogP contribution in [0.4, 0.5) is 5.69 Å². The Hall–Kier alpha value is -2.96. The summed E-state index contributed by atoms with van der Waals surface area (Å²) in [5, 5.41) is 12.3. The molecular weight excluding hydrogens is 404 g/mol. The number of carbonyl (C=O) groups excluding carboxylic acids is 2. The maximum atomic E-state index is 12.4. The lowest BCUT2D eigenvalue weighted by Gasteiger charge is -2.23. The number of carbonyl (C=O) groups is 2. The highest BCUT2D eigenvalue weighted by molar-refractivity contribution is 6.04. The highest BCUT2D eigenvalue weighted by atomic mass is 16.5. The zero-order chi connectivity index (χ0) is 22.9. The Morgan fingerprint density at radius 1 is 1.19 bits per heavy atom. The van der Waals surface area contributed by atoms with E-state index in [1.807, 2.05) is 61.5 Å². The van der Waals surface area contributed by atoms with Gasteiger partial charge in [0, 0.05) is 37.2 Å². The van der Waals surface area contributed by atoms with Crippen molar-refractivity contribution in [2.45, 2.75) is 38.3 Å².